The highest BCUT2D eigenvalue weighted by atomic mass is 16.4. The van der Waals surface area contributed by atoms with E-state index in [1.165, 1.54) is 6.92 Å². The van der Waals surface area contributed by atoms with Crippen molar-refractivity contribution < 1.29 is 19.8 Å². The zero-order chi connectivity index (χ0) is 18.1. The molecule has 8 nitrogen and oxygen atoms in total. The summed E-state index contributed by atoms with van der Waals surface area (Å²) in [6.45, 7) is 2.99. The Morgan fingerprint density at radius 2 is 1.75 bits per heavy atom. The number of rotatable bonds is 5. The lowest BCUT2D eigenvalue weighted by Crippen LogP contribution is -2.25. The molecule has 0 spiro atoms. The van der Waals surface area contributed by atoms with Crippen molar-refractivity contribution in [2.75, 3.05) is 5.32 Å². The third-order valence-electron chi connectivity index (χ3n) is 2.84. The Morgan fingerprint density at radius 1 is 1.08 bits per heavy atom. The molecule has 2 atom stereocenters. The SMILES string of the molecule is C[C@H](N)C(=O)O.C[C@H](Nc1cc(-c2ccccn2)ccn1)C(=O)O. The van der Waals surface area contributed by atoms with Gasteiger partial charge in [-0.3, -0.25) is 14.6 Å². The third kappa shape index (κ3) is 6.41. The van der Waals surface area contributed by atoms with Crippen LogP contribution in [0.1, 0.15) is 13.8 Å². The van der Waals surface area contributed by atoms with Crippen molar-refractivity contribution >= 4 is 17.8 Å². The van der Waals surface area contributed by atoms with E-state index < -0.39 is 24.0 Å². The molecule has 5 N–H and O–H groups in total. The molecule has 2 heterocycles. The van der Waals surface area contributed by atoms with Gasteiger partial charge in [-0.2, -0.15) is 0 Å². The van der Waals surface area contributed by atoms with Gasteiger partial charge < -0.3 is 21.3 Å². The normalized spacial score (nSPS) is 12.3. The molecule has 0 fully saturated rings. The van der Waals surface area contributed by atoms with Crippen LogP contribution in [0.2, 0.25) is 0 Å². The first-order chi connectivity index (χ1) is 11.3. The van der Waals surface area contributed by atoms with Crippen LogP contribution in [0.15, 0.2) is 42.7 Å². The second kappa shape index (κ2) is 9.21. The number of hydrogen-bond acceptors (Lipinski definition) is 6. The first kappa shape index (κ1) is 19.0. The largest absolute Gasteiger partial charge is 0.480 e. The lowest BCUT2D eigenvalue weighted by atomic mass is 10.2. The van der Waals surface area contributed by atoms with E-state index in [4.69, 9.17) is 15.9 Å². The van der Waals surface area contributed by atoms with Crippen LogP contribution in [0.25, 0.3) is 11.3 Å². The summed E-state index contributed by atoms with van der Waals surface area (Å²) in [4.78, 5) is 28.6. The van der Waals surface area contributed by atoms with Crippen molar-refractivity contribution in [1.82, 2.24) is 9.97 Å². The lowest BCUT2D eigenvalue weighted by Gasteiger charge is -2.10. The highest BCUT2D eigenvalue weighted by Gasteiger charge is 2.11. The summed E-state index contributed by atoms with van der Waals surface area (Å²) in [5, 5.41) is 19.5. The molecule has 24 heavy (non-hydrogen) atoms. The Labute approximate surface area is 139 Å². The molecular formula is C16H20N4O4. The van der Waals surface area contributed by atoms with Gasteiger partial charge in [0.05, 0.1) is 5.69 Å². The van der Waals surface area contributed by atoms with Crippen molar-refractivity contribution in [2.24, 2.45) is 5.73 Å². The van der Waals surface area contributed by atoms with Crippen LogP contribution in [0.4, 0.5) is 5.82 Å². The quantitative estimate of drug-likeness (QED) is 0.645. The molecule has 0 aromatic carbocycles. The number of carboxylic acid groups (broad SMARTS) is 2. The maximum atomic E-state index is 10.8. The van der Waals surface area contributed by atoms with E-state index in [-0.39, 0.29) is 0 Å². The summed E-state index contributed by atoms with van der Waals surface area (Å²) in [6, 6.07) is 7.83. The predicted octanol–water partition coefficient (Wildman–Crippen LogP) is 1.45. The van der Waals surface area contributed by atoms with E-state index in [0.717, 1.165) is 11.3 Å². The van der Waals surface area contributed by atoms with Crippen LogP contribution in [0.5, 0.6) is 0 Å². The number of carbonyl (C=O) groups is 2. The summed E-state index contributed by atoms with van der Waals surface area (Å²) >= 11 is 0. The van der Waals surface area contributed by atoms with Gasteiger partial charge in [-0.25, -0.2) is 4.98 Å². The number of aliphatic carboxylic acids is 2. The maximum Gasteiger partial charge on any atom is 0.325 e. The molecular weight excluding hydrogens is 312 g/mol. The van der Waals surface area contributed by atoms with Gasteiger partial charge in [0, 0.05) is 18.0 Å². The van der Waals surface area contributed by atoms with E-state index in [1.54, 1.807) is 25.4 Å². The van der Waals surface area contributed by atoms with Gasteiger partial charge >= 0.3 is 11.9 Å². The first-order valence-electron chi connectivity index (χ1n) is 7.16. The second-order valence-corrected chi connectivity index (χ2v) is 4.98. The van der Waals surface area contributed by atoms with E-state index in [1.807, 2.05) is 24.3 Å². The Kier molecular flexibility index (Phi) is 7.31. The topological polar surface area (TPSA) is 138 Å². The molecule has 0 aliphatic heterocycles. The van der Waals surface area contributed by atoms with Gasteiger partial charge in [-0.1, -0.05) is 6.07 Å². The number of nitrogens with two attached hydrogens (primary N) is 1. The summed E-state index contributed by atoms with van der Waals surface area (Å²) in [7, 11) is 0. The van der Waals surface area contributed by atoms with Crippen molar-refractivity contribution in [2.45, 2.75) is 25.9 Å². The molecule has 0 aliphatic rings. The fourth-order valence-electron chi connectivity index (χ4n) is 1.49. The molecule has 2 rings (SSSR count). The Hall–Kier alpha value is -3.00. The molecule has 0 amide bonds. The smallest absolute Gasteiger partial charge is 0.325 e. The van der Waals surface area contributed by atoms with Crippen molar-refractivity contribution in [3.63, 3.8) is 0 Å². The van der Waals surface area contributed by atoms with Crippen LogP contribution < -0.4 is 11.1 Å². The Balaban J connectivity index is 0.000000413. The molecule has 0 bridgehead atoms. The highest BCUT2D eigenvalue weighted by molar-refractivity contribution is 5.76. The van der Waals surface area contributed by atoms with Gasteiger partial charge in [0.2, 0.25) is 0 Å². The molecule has 0 aliphatic carbocycles. The second-order valence-electron chi connectivity index (χ2n) is 4.98. The van der Waals surface area contributed by atoms with E-state index in [2.05, 4.69) is 15.3 Å². The fourth-order valence-corrected chi connectivity index (χ4v) is 1.49. The third-order valence-corrected chi connectivity index (χ3v) is 2.84. The van der Waals surface area contributed by atoms with Crippen LogP contribution in [0, 0.1) is 0 Å². The lowest BCUT2D eigenvalue weighted by molar-refractivity contribution is -0.138. The minimum Gasteiger partial charge on any atom is -0.480 e. The minimum atomic E-state index is -0.963. The van der Waals surface area contributed by atoms with Gasteiger partial charge in [0.1, 0.15) is 17.9 Å². The fraction of sp³-hybridized carbons (Fsp3) is 0.250. The first-order valence-corrected chi connectivity index (χ1v) is 7.16. The highest BCUT2D eigenvalue weighted by Crippen LogP contribution is 2.18. The van der Waals surface area contributed by atoms with E-state index in [0.29, 0.717) is 5.82 Å². The van der Waals surface area contributed by atoms with E-state index >= 15 is 0 Å². The van der Waals surface area contributed by atoms with Gasteiger partial charge in [0.25, 0.3) is 0 Å². The van der Waals surface area contributed by atoms with Crippen LogP contribution in [-0.2, 0) is 9.59 Å². The number of nitrogens with one attached hydrogen (secondary N) is 1. The summed E-state index contributed by atoms with van der Waals surface area (Å²) in [5.41, 5.74) is 6.55. The van der Waals surface area contributed by atoms with Crippen molar-refractivity contribution in [3.05, 3.63) is 42.7 Å². The summed E-state index contributed by atoms with van der Waals surface area (Å²) in [6.07, 6.45) is 3.34. The zero-order valence-corrected chi connectivity index (χ0v) is 13.4. The van der Waals surface area contributed by atoms with Crippen LogP contribution in [0.3, 0.4) is 0 Å². The number of nitrogens with zero attached hydrogens (tertiary/aromatic N) is 2. The Morgan fingerprint density at radius 3 is 2.25 bits per heavy atom. The van der Waals surface area contributed by atoms with Gasteiger partial charge in [0.15, 0.2) is 0 Å². The number of aromatic nitrogens is 2. The van der Waals surface area contributed by atoms with E-state index in [9.17, 15) is 9.59 Å². The van der Waals surface area contributed by atoms with Crippen molar-refractivity contribution in [3.8, 4) is 11.3 Å². The molecule has 0 unspecified atom stereocenters. The molecule has 8 heteroatoms. The predicted molar refractivity (Wildman–Crippen MR) is 89.5 cm³/mol. The molecule has 128 valence electrons. The standard InChI is InChI=1S/C13H13N3O2.C3H7NO2/c1-9(13(17)18)16-12-8-10(5-7-15-12)11-4-2-3-6-14-11;1-2(4)3(5)6/h2-9H,1H3,(H,15,16)(H,17,18);2H,4H2,1H3,(H,5,6)/t9-;2-/m00/s1. The number of carboxylic acids is 2. The molecule has 2 aromatic heterocycles. The molecule has 0 radical (unpaired) electrons. The number of pyridine rings is 2. The average molecular weight is 332 g/mol. The Bertz CT molecular complexity index is 677. The maximum absolute atomic E-state index is 10.8. The van der Waals surface area contributed by atoms with Crippen LogP contribution in [-0.4, -0.2) is 44.2 Å². The monoisotopic (exact) mass is 332 g/mol. The number of anilines is 1. The zero-order valence-electron chi connectivity index (χ0n) is 13.4. The molecule has 0 saturated carbocycles. The minimum absolute atomic E-state index is 0.521. The summed E-state index contributed by atoms with van der Waals surface area (Å²) in [5.74, 6) is -1.36. The molecule has 0 saturated heterocycles. The van der Waals surface area contributed by atoms with Crippen molar-refractivity contribution in [1.29, 1.82) is 0 Å². The number of hydrogen-bond donors (Lipinski definition) is 4. The van der Waals surface area contributed by atoms with Gasteiger partial charge in [-0.05, 0) is 38.1 Å². The average Bonchev–Trinajstić information content (AvgIpc) is 2.56. The van der Waals surface area contributed by atoms with Gasteiger partial charge in [-0.15, -0.1) is 0 Å². The summed E-state index contributed by atoms with van der Waals surface area (Å²) < 4.78 is 0. The van der Waals surface area contributed by atoms with Crippen LogP contribution >= 0.6 is 0 Å². The molecule has 2 aromatic rings.